The molecule has 62 valence electrons. The van der Waals surface area contributed by atoms with E-state index in [1.807, 2.05) is 0 Å². The monoisotopic (exact) mass is 186 g/mol. The Morgan fingerprint density at radius 3 is 1.60 bits per heavy atom. The van der Waals surface area contributed by atoms with Crippen molar-refractivity contribution in [2.45, 2.75) is 20.0 Å². The molecule has 0 rings (SSSR count). The minimum absolute atomic E-state index is 0.0312. The molecule has 0 saturated heterocycles. The van der Waals surface area contributed by atoms with Crippen LogP contribution < -0.4 is 0 Å². The molecule has 0 heterocycles. The summed E-state index contributed by atoms with van der Waals surface area (Å²) in [4.78, 5) is 9.92. The summed E-state index contributed by atoms with van der Waals surface area (Å²) in [7, 11) is 0. The molecule has 0 unspecified atom stereocenters. The zero-order chi connectivity index (χ0) is 8.57. The van der Waals surface area contributed by atoms with Gasteiger partial charge in [0, 0.05) is 6.10 Å². The first-order valence-corrected chi connectivity index (χ1v) is 3.93. The molecule has 0 aliphatic rings. The van der Waals surface area contributed by atoms with E-state index in [1.165, 1.54) is 0 Å². The second-order valence-electron chi connectivity index (χ2n) is 1.90. The lowest BCUT2D eigenvalue weighted by Crippen LogP contribution is -1.98. The molecule has 0 atom stereocenters. The molecule has 2 nitrogen and oxygen atoms in total. The van der Waals surface area contributed by atoms with Gasteiger partial charge in [-0.25, -0.2) is 0 Å². The summed E-state index contributed by atoms with van der Waals surface area (Å²) in [6.45, 7) is 3.44. The van der Waals surface area contributed by atoms with Crippen molar-refractivity contribution in [3.8, 4) is 0 Å². The summed E-state index contributed by atoms with van der Waals surface area (Å²) < 4.78 is 0. The fourth-order valence-electron chi connectivity index (χ4n) is 0.0357. The summed E-state index contributed by atoms with van der Waals surface area (Å²) in [6, 6.07) is 0. The van der Waals surface area contributed by atoms with Crippen LogP contribution in [0.15, 0.2) is 0 Å². The highest BCUT2D eigenvalue weighted by Gasteiger charge is 1.90. The SMILES string of the molecule is CC(C)O.O=C(CCl)CCl. The lowest BCUT2D eigenvalue weighted by Gasteiger charge is -1.80. The van der Waals surface area contributed by atoms with E-state index >= 15 is 0 Å². The molecule has 0 radical (unpaired) electrons. The van der Waals surface area contributed by atoms with E-state index < -0.39 is 0 Å². The predicted octanol–water partition coefficient (Wildman–Crippen LogP) is 1.42. The lowest BCUT2D eigenvalue weighted by molar-refractivity contribution is -0.114. The van der Waals surface area contributed by atoms with Crippen molar-refractivity contribution in [2.75, 3.05) is 11.8 Å². The van der Waals surface area contributed by atoms with Crippen LogP contribution in [-0.2, 0) is 4.79 Å². The van der Waals surface area contributed by atoms with Crippen LogP contribution in [0.5, 0.6) is 0 Å². The number of carbonyl (C=O) groups is 1. The van der Waals surface area contributed by atoms with Crippen molar-refractivity contribution in [1.29, 1.82) is 0 Å². The highest BCUT2D eigenvalue weighted by Crippen LogP contribution is 1.80. The van der Waals surface area contributed by atoms with Crippen LogP contribution >= 0.6 is 23.2 Å². The Labute approximate surface area is 71.1 Å². The second kappa shape index (κ2) is 9.21. The van der Waals surface area contributed by atoms with E-state index in [9.17, 15) is 4.79 Å². The van der Waals surface area contributed by atoms with Gasteiger partial charge in [-0.15, -0.1) is 23.2 Å². The van der Waals surface area contributed by atoms with E-state index in [4.69, 9.17) is 28.3 Å². The maximum atomic E-state index is 9.92. The molecule has 0 aromatic carbocycles. The largest absolute Gasteiger partial charge is 0.394 e. The fourth-order valence-corrected chi connectivity index (χ4v) is 0.321. The van der Waals surface area contributed by atoms with Crippen LogP contribution in [0, 0.1) is 0 Å². The first kappa shape index (κ1) is 12.8. The Morgan fingerprint density at radius 1 is 1.40 bits per heavy atom. The third kappa shape index (κ3) is 24.1. The van der Waals surface area contributed by atoms with E-state index in [2.05, 4.69) is 0 Å². The van der Waals surface area contributed by atoms with Crippen LogP contribution in [-0.4, -0.2) is 28.8 Å². The summed E-state index contributed by atoms with van der Waals surface area (Å²) in [6.07, 6.45) is -0.167. The number of ketones is 1. The van der Waals surface area contributed by atoms with Gasteiger partial charge in [-0.1, -0.05) is 0 Å². The molecule has 0 aliphatic carbocycles. The van der Waals surface area contributed by atoms with Crippen molar-refractivity contribution in [3.63, 3.8) is 0 Å². The summed E-state index contributed by atoms with van der Waals surface area (Å²) in [5, 5.41) is 8.06. The number of hydrogen-bond acceptors (Lipinski definition) is 2. The van der Waals surface area contributed by atoms with Crippen molar-refractivity contribution in [1.82, 2.24) is 0 Å². The van der Waals surface area contributed by atoms with Gasteiger partial charge in [-0.05, 0) is 13.8 Å². The van der Waals surface area contributed by atoms with Crippen LogP contribution in [0.4, 0.5) is 0 Å². The molecule has 10 heavy (non-hydrogen) atoms. The van der Waals surface area contributed by atoms with Gasteiger partial charge in [0.05, 0.1) is 11.8 Å². The van der Waals surface area contributed by atoms with Crippen molar-refractivity contribution in [3.05, 3.63) is 0 Å². The number of hydrogen-bond donors (Lipinski definition) is 1. The minimum Gasteiger partial charge on any atom is -0.394 e. The Kier molecular flexibility index (Phi) is 11.8. The van der Waals surface area contributed by atoms with Gasteiger partial charge in [0.25, 0.3) is 0 Å². The third-order valence-electron chi connectivity index (χ3n) is 0.298. The number of Topliss-reactive ketones (excluding diaryl/α,β-unsaturated/α-hetero) is 1. The average Bonchev–Trinajstić information content (AvgIpc) is 1.85. The van der Waals surface area contributed by atoms with Crippen LogP contribution in [0.2, 0.25) is 0 Å². The molecule has 0 bridgehead atoms. The predicted molar refractivity (Wildman–Crippen MR) is 43.8 cm³/mol. The van der Waals surface area contributed by atoms with Gasteiger partial charge in [0.1, 0.15) is 0 Å². The van der Waals surface area contributed by atoms with E-state index in [0.29, 0.717) is 0 Å². The topological polar surface area (TPSA) is 37.3 Å². The van der Waals surface area contributed by atoms with Crippen molar-refractivity contribution in [2.24, 2.45) is 0 Å². The molecule has 0 fully saturated rings. The molecular formula is C6H12Cl2O2. The highest BCUT2D eigenvalue weighted by molar-refractivity contribution is 6.35. The molecule has 0 spiro atoms. The normalized spacial score (nSPS) is 8.60. The standard InChI is InChI=1S/C3H4Cl2O.C3H8O/c4-1-3(6)2-5;1-3(2)4/h1-2H2;3-4H,1-2H3. The van der Waals surface area contributed by atoms with Gasteiger partial charge in [-0.2, -0.15) is 0 Å². The molecule has 0 aliphatic heterocycles. The number of halogens is 2. The number of aliphatic hydroxyl groups is 1. The summed E-state index contributed by atoms with van der Waals surface area (Å²) in [5.74, 6) is -0.0640. The fraction of sp³-hybridized carbons (Fsp3) is 0.833. The van der Waals surface area contributed by atoms with Gasteiger partial charge < -0.3 is 5.11 Å². The third-order valence-corrected chi connectivity index (χ3v) is 0.894. The first-order valence-electron chi connectivity index (χ1n) is 2.86. The second-order valence-corrected chi connectivity index (χ2v) is 2.43. The smallest absolute Gasteiger partial charge is 0.162 e. The Hall–Kier alpha value is 0.210. The highest BCUT2D eigenvalue weighted by atomic mass is 35.5. The maximum absolute atomic E-state index is 9.92. The number of alkyl halides is 2. The Balaban J connectivity index is 0. The van der Waals surface area contributed by atoms with E-state index in [0.717, 1.165) is 0 Å². The molecule has 0 aromatic rings. The summed E-state index contributed by atoms with van der Waals surface area (Å²) in [5.41, 5.74) is 0. The van der Waals surface area contributed by atoms with Crippen molar-refractivity contribution >= 4 is 29.0 Å². The zero-order valence-electron chi connectivity index (χ0n) is 6.10. The molecule has 1 N–H and O–H groups in total. The molecule has 0 saturated carbocycles. The maximum Gasteiger partial charge on any atom is 0.162 e. The minimum atomic E-state index is -0.167. The van der Waals surface area contributed by atoms with Crippen molar-refractivity contribution < 1.29 is 9.90 Å². The number of carbonyl (C=O) groups excluding carboxylic acids is 1. The van der Waals surface area contributed by atoms with Gasteiger partial charge in [0.15, 0.2) is 5.78 Å². The van der Waals surface area contributed by atoms with Gasteiger partial charge >= 0.3 is 0 Å². The quantitative estimate of drug-likeness (QED) is 0.663. The Bertz CT molecular complexity index is 75.1. The molecule has 0 aromatic heterocycles. The molecule has 0 amide bonds. The Morgan fingerprint density at radius 2 is 1.60 bits per heavy atom. The van der Waals surface area contributed by atoms with Crippen LogP contribution in [0.1, 0.15) is 13.8 Å². The van der Waals surface area contributed by atoms with Gasteiger partial charge in [-0.3, -0.25) is 4.79 Å². The van der Waals surface area contributed by atoms with Crippen LogP contribution in [0.25, 0.3) is 0 Å². The van der Waals surface area contributed by atoms with Gasteiger partial charge in [0.2, 0.25) is 0 Å². The van der Waals surface area contributed by atoms with E-state index in [1.54, 1.807) is 13.8 Å². The average molecular weight is 187 g/mol. The lowest BCUT2D eigenvalue weighted by atomic mass is 10.5. The number of aliphatic hydroxyl groups excluding tert-OH is 1. The number of rotatable bonds is 2. The first-order chi connectivity index (χ1) is 4.54. The zero-order valence-corrected chi connectivity index (χ0v) is 7.61. The van der Waals surface area contributed by atoms with E-state index in [-0.39, 0.29) is 23.6 Å². The summed E-state index contributed by atoms with van der Waals surface area (Å²) >= 11 is 10.0. The molecular weight excluding hydrogens is 175 g/mol. The molecule has 4 heteroatoms. The van der Waals surface area contributed by atoms with Crippen LogP contribution in [0.3, 0.4) is 0 Å².